The van der Waals surface area contributed by atoms with Gasteiger partial charge in [-0.2, -0.15) is 0 Å². The highest BCUT2D eigenvalue weighted by molar-refractivity contribution is 5.66. The van der Waals surface area contributed by atoms with E-state index >= 15 is 0 Å². The molecule has 0 spiro atoms. The van der Waals surface area contributed by atoms with Gasteiger partial charge in [-0.25, -0.2) is 0 Å². The number of aromatic nitrogens is 1. The summed E-state index contributed by atoms with van der Waals surface area (Å²) in [5.74, 6) is -0.225. The predicted octanol–water partition coefficient (Wildman–Crippen LogP) is 3.00. The van der Waals surface area contributed by atoms with Gasteiger partial charge in [0, 0.05) is 24.4 Å². The molecule has 0 radical (unpaired) electrons. The summed E-state index contributed by atoms with van der Waals surface area (Å²) in [7, 11) is 0. The molecule has 0 fully saturated rings. The van der Waals surface area contributed by atoms with Crippen molar-refractivity contribution in [3.8, 4) is 0 Å². The SMILES string of the molecule is Cc1ccc(C)n1CCC(C)CCC(=O)O. The third-order valence-corrected chi connectivity index (χ3v) is 3.11. The van der Waals surface area contributed by atoms with Crippen molar-refractivity contribution in [2.24, 2.45) is 5.92 Å². The first-order chi connectivity index (χ1) is 7.50. The van der Waals surface area contributed by atoms with Gasteiger partial charge in [0.2, 0.25) is 0 Å². The van der Waals surface area contributed by atoms with Crippen LogP contribution in [-0.4, -0.2) is 15.6 Å². The monoisotopic (exact) mass is 223 g/mol. The van der Waals surface area contributed by atoms with Crippen molar-refractivity contribution in [2.75, 3.05) is 0 Å². The molecule has 3 heteroatoms. The van der Waals surface area contributed by atoms with Crippen molar-refractivity contribution >= 4 is 5.97 Å². The second kappa shape index (κ2) is 5.73. The van der Waals surface area contributed by atoms with Gasteiger partial charge in [0.15, 0.2) is 0 Å². The van der Waals surface area contributed by atoms with Crippen LogP contribution < -0.4 is 0 Å². The Hall–Kier alpha value is -1.25. The standard InChI is InChI=1S/C13H21NO2/c1-10(4-7-13(15)16)8-9-14-11(2)5-6-12(14)3/h5-6,10H,4,7-9H2,1-3H3,(H,15,16). The molecule has 16 heavy (non-hydrogen) atoms. The molecule has 1 rings (SSSR count). The number of nitrogens with zero attached hydrogens (tertiary/aromatic N) is 1. The first kappa shape index (κ1) is 12.8. The van der Waals surface area contributed by atoms with E-state index in [9.17, 15) is 4.79 Å². The summed E-state index contributed by atoms with van der Waals surface area (Å²) in [6.07, 6.45) is 2.10. The van der Waals surface area contributed by atoms with Crippen LogP contribution in [0.2, 0.25) is 0 Å². The zero-order valence-corrected chi connectivity index (χ0v) is 10.4. The Morgan fingerprint density at radius 2 is 1.88 bits per heavy atom. The summed E-state index contributed by atoms with van der Waals surface area (Å²) in [6.45, 7) is 7.33. The fraction of sp³-hybridized carbons (Fsp3) is 0.615. The lowest BCUT2D eigenvalue weighted by Crippen LogP contribution is -2.08. The van der Waals surface area contributed by atoms with Gasteiger partial charge < -0.3 is 9.67 Å². The molecule has 90 valence electrons. The summed E-state index contributed by atoms with van der Waals surface area (Å²) >= 11 is 0. The van der Waals surface area contributed by atoms with Gasteiger partial charge in [-0.3, -0.25) is 4.79 Å². The predicted molar refractivity (Wildman–Crippen MR) is 64.6 cm³/mol. The Labute approximate surface area is 97.1 Å². The topological polar surface area (TPSA) is 42.2 Å². The van der Waals surface area contributed by atoms with Crippen LogP contribution in [0.15, 0.2) is 12.1 Å². The molecule has 1 aromatic heterocycles. The van der Waals surface area contributed by atoms with Crippen LogP contribution >= 0.6 is 0 Å². The van der Waals surface area contributed by atoms with Gasteiger partial charge in [-0.15, -0.1) is 0 Å². The van der Waals surface area contributed by atoms with E-state index in [4.69, 9.17) is 5.11 Å². The lowest BCUT2D eigenvalue weighted by molar-refractivity contribution is -0.137. The van der Waals surface area contributed by atoms with Crippen LogP contribution in [0.1, 0.15) is 37.6 Å². The highest BCUT2D eigenvalue weighted by atomic mass is 16.4. The van der Waals surface area contributed by atoms with E-state index in [1.165, 1.54) is 11.4 Å². The smallest absolute Gasteiger partial charge is 0.303 e. The van der Waals surface area contributed by atoms with E-state index in [1.54, 1.807) is 0 Å². The molecule has 0 bridgehead atoms. The van der Waals surface area contributed by atoms with E-state index in [0.29, 0.717) is 5.92 Å². The molecule has 0 aromatic carbocycles. The fourth-order valence-electron chi connectivity index (χ4n) is 1.92. The van der Waals surface area contributed by atoms with Crippen molar-refractivity contribution in [3.63, 3.8) is 0 Å². The van der Waals surface area contributed by atoms with Crippen LogP contribution in [0.25, 0.3) is 0 Å². The largest absolute Gasteiger partial charge is 0.481 e. The molecule has 0 aliphatic carbocycles. The average Bonchev–Trinajstić information content (AvgIpc) is 2.53. The molecular formula is C13H21NO2. The van der Waals surface area contributed by atoms with Crippen molar-refractivity contribution in [1.82, 2.24) is 4.57 Å². The number of aliphatic carboxylic acids is 1. The molecule has 0 amide bonds. The minimum absolute atomic E-state index is 0.283. The van der Waals surface area contributed by atoms with Gasteiger partial charge in [0.1, 0.15) is 0 Å². The van der Waals surface area contributed by atoms with E-state index in [1.807, 2.05) is 0 Å². The number of carboxylic acid groups (broad SMARTS) is 1. The molecule has 0 saturated carbocycles. The summed E-state index contributed by atoms with van der Waals surface area (Å²) in [5.41, 5.74) is 2.56. The molecule has 1 atom stereocenters. The summed E-state index contributed by atoms with van der Waals surface area (Å²) in [4.78, 5) is 10.4. The fourth-order valence-corrected chi connectivity index (χ4v) is 1.92. The minimum atomic E-state index is -0.694. The minimum Gasteiger partial charge on any atom is -0.481 e. The molecule has 1 heterocycles. The van der Waals surface area contributed by atoms with Gasteiger partial charge in [0.25, 0.3) is 0 Å². The average molecular weight is 223 g/mol. The summed E-state index contributed by atoms with van der Waals surface area (Å²) < 4.78 is 2.29. The second-order valence-electron chi connectivity index (χ2n) is 4.59. The third kappa shape index (κ3) is 3.72. The van der Waals surface area contributed by atoms with Gasteiger partial charge in [-0.1, -0.05) is 6.92 Å². The number of aryl methyl sites for hydroxylation is 2. The maximum absolute atomic E-state index is 10.4. The zero-order chi connectivity index (χ0) is 12.1. The Morgan fingerprint density at radius 1 is 1.31 bits per heavy atom. The maximum Gasteiger partial charge on any atom is 0.303 e. The number of rotatable bonds is 6. The van der Waals surface area contributed by atoms with Crippen LogP contribution in [0.3, 0.4) is 0 Å². The molecule has 0 saturated heterocycles. The Kier molecular flexibility index (Phi) is 4.59. The van der Waals surface area contributed by atoms with E-state index < -0.39 is 5.97 Å². The van der Waals surface area contributed by atoms with Gasteiger partial charge >= 0.3 is 5.97 Å². The highest BCUT2D eigenvalue weighted by Gasteiger charge is 2.07. The Balaban J connectivity index is 2.37. The van der Waals surface area contributed by atoms with Crippen LogP contribution in [-0.2, 0) is 11.3 Å². The molecule has 1 aromatic rings. The third-order valence-electron chi connectivity index (χ3n) is 3.11. The van der Waals surface area contributed by atoms with E-state index in [2.05, 4.69) is 37.5 Å². The molecule has 3 nitrogen and oxygen atoms in total. The van der Waals surface area contributed by atoms with Crippen molar-refractivity contribution in [1.29, 1.82) is 0 Å². The summed E-state index contributed by atoms with van der Waals surface area (Å²) in [6, 6.07) is 4.24. The number of carboxylic acids is 1. The number of hydrogen-bond acceptors (Lipinski definition) is 1. The maximum atomic E-state index is 10.4. The first-order valence-electron chi connectivity index (χ1n) is 5.85. The molecular weight excluding hydrogens is 202 g/mol. The van der Waals surface area contributed by atoms with Crippen LogP contribution in [0.5, 0.6) is 0 Å². The van der Waals surface area contributed by atoms with E-state index in [-0.39, 0.29) is 6.42 Å². The summed E-state index contributed by atoms with van der Waals surface area (Å²) in [5, 5.41) is 8.60. The molecule has 0 aliphatic heterocycles. The number of carbonyl (C=O) groups is 1. The van der Waals surface area contributed by atoms with Crippen LogP contribution in [0.4, 0.5) is 0 Å². The van der Waals surface area contributed by atoms with E-state index in [0.717, 1.165) is 19.4 Å². The van der Waals surface area contributed by atoms with Crippen molar-refractivity contribution in [2.45, 2.75) is 46.6 Å². The van der Waals surface area contributed by atoms with Crippen molar-refractivity contribution < 1.29 is 9.90 Å². The Morgan fingerprint density at radius 3 is 2.38 bits per heavy atom. The van der Waals surface area contributed by atoms with Crippen molar-refractivity contribution in [3.05, 3.63) is 23.5 Å². The van der Waals surface area contributed by atoms with Gasteiger partial charge in [0.05, 0.1) is 0 Å². The number of hydrogen-bond donors (Lipinski definition) is 1. The quantitative estimate of drug-likeness (QED) is 0.805. The molecule has 0 aliphatic rings. The lowest BCUT2D eigenvalue weighted by atomic mass is 10.0. The normalized spacial score (nSPS) is 12.7. The van der Waals surface area contributed by atoms with Crippen LogP contribution in [0, 0.1) is 19.8 Å². The van der Waals surface area contributed by atoms with Gasteiger partial charge in [-0.05, 0) is 44.7 Å². The molecule has 1 N–H and O–H groups in total. The zero-order valence-electron chi connectivity index (χ0n) is 10.4. The second-order valence-corrected chi connectivity index (χ2v) is 4.59. The molecule has 1 unspecified atom stereocenters. The lowest BCUT2D eigenvalue weighted by Gasteiger charge is -2.13. The first-order valence-corrected chi connectivity index (χ1v) is 5.85. The highest BCUT2D eigenvalue weighted by Crippen LogP contribution is 2.14. The Bertz CT molecular complexity index is 335.